The van der Waals surface area contributed by atoms with Crippen molar-refractivity contribution >= 4 is 0 Å². The van der Waals surface area contributed by atoms with Crippen LogP contribution in [-0.4, -0.2) is 0 Å². The molecule has 0 aliphatic rings. The predicted octanol–water partition coefficient (Wildman–Crippen LogP) is 4.52. The Bertz CT molecular complexity index is 334. The Morgan fingerprint density at radius 2 is 1.47 bits per heavy atom. The second kappa shape index (κ2) is 5.34. The van der Waals surface area contributed by atoms with Gasteiger partial charge in [-0.25, -0.2) is 0 Å². The molecule has 0 aliphatic heterocycles. The van der Waals surface area contributed by atoms with Gasteiger partial charge in [0.1, 0.15) is 0 Å². The molecule has 0 bridgehead atoms. The fourth-order valence-corrected chi connectivity index (χ4v) is 2.38. The van der Waals surface area contributed by atoms with E-state index in [-0.39, 0.29) is 0 Å². The third-order valence-corrected chi connectivity index (χ3v) is 3.38. The smallest absolute Gasteiger partial charge is 0.0276 e. The Labute approximate surface area is 94.7 Å². The van der Waals surface area contributed by atoms with Crippen molar-refractivity contribution in [2.75, 3.05) is 0 Å². The maximum absolute atomic E-state index is 2.40. The highest BCUT2D eigenvalue weighted by atomic mass is 14.1. The van der Waals surface area contributed by atoms with E-state index in [9.17, 15) is 0 Å². The van der Waals surface area contributed by atoms with E-state index in [1.165, 1.54) is 42.4 Å². The summed E-state index contributed by atoms with van der Waals surface area (Å²) in [6.07, 6.45) is 4.94. The molecule has 0 saturated heterocycles. The Morgan fingerprint density at radius 1 is 0.867 bits per heavy atom. The standard InChI is InChI=1S/C15H24/c1-6-8-14-10-11(3)15(9-7-2)13(5)12(14)4/h10H,6-9H2,1-5H3. The van der Waals surface area contributed by atoms with E-state index in [2.05, 4.69) is 40.7 Å². The van der Waals surface area contributed by atoms with Gasteiger partial charge in [0.25, 0.3) is 0 Å². The lowest BCUT2D eigenvalue weighted by molar-refractivity contribution is 0.876. The molecule has 0 radical (unpaired) electrons. The van der Waals surface area contributed by atoms with Gasteiger partial charge >= 0.3 is 0 Å². The molecule has 0 atom stereocenters. The molecule has 0 fully saturated rings. The highest BCUT2D eigenvalue weighted by Crippen LogP contribution is 2.24. The molecule has 0 aliphatic carbocycles. The van der Waals surface area contributed by atoms with Gasteiger partial charge in [0.2, 0.25) is 0 Å². The summed E-state index contributed by atoms with van der Waals surface area (Å²) < 4.78 is 0. The zero-order chi connectivity index (χ0) is 11.4. The fraction of sp³-hybridized carbons (Fsp3) is 0.600. The summed E-state index contributed by atoms with van der Waals surface area (Å²) in [6.45, 7) is 11.3. The van der Waals surface area contributed by atoms with Gasteiger partial charge in [-0.2, -0.15) is 0 Å². The average Bonchev–Trinajstić information content (AvgIpc) is 2.21. The lowest BCUT2D eigenvalue weighted by Gasteiger charge is -2.16. The molecule has 0 aromatic heterocycles. The van der Waals surface area contributed by atoms with Gasteiger partial charge < -0.3 is 0 Å². The molecular weight excluding hydrogens is 180 g/mol. The third-order valence-electron chi connectivity index (χ3n) is 3.38. The number of aryl methyl sites for hydroxylation is 2. The highest BCUT2D eigenvalue weighted by Gasteiger charge is 2.08. The van der Waals surface area contributed by atoms with E-state index in [1.54, 1.807) is 11.1 Å². The molecule has 1 rings (SSSR count). The first-order valence-electron chi connectivity index (χ1n) is 6.20. The Hall–Kier alpha value is -0.780. The van der Waals surface area contributed by atoms with Crippen molar-refractivity contribution < 1.29 is 0 Å². The Kier molecular flexibility index (Phi) is 4.38. The molecular formula is C15H24. The maximum atomic E-state index is 2.40. The van der Waals surface area contributed by atoms with Gasteiger partial charge in [0, 0.05) is 0 Å². The molecule has 15 heavy (non-hydrogen) atoms. The number of hydrogen-bond acceptors (Lipinski definition) is 0. The Morgan fingerprint density at radius 3 is 2.00 bits per heavy atom. The van der Waals surface area contributed by atoms with Gasteiger partial charge in [-0.1, -0.05) is 32.8 Å². The van der Waals surface area contributed by atoms with Crippen LogP contribution in [0, 0.1) is 20.8 Å². The topological polar surface area (TPSA) is 0 Å². The van der Waals surface area contributed by atoms with Crippen molar-refractivity contribution in [2.45, 2.75) is 60.3 Å². The van der Waals surface area contributed by atoms with Crippen LogP contribution in [0.3, 0.4) is 0 Å². The molecule has 0 nitrogen and oxygen atoms in total. The summed E-state index contributed by atoms with van der Waals surface area (Å²) in [5.74, 6) is 0. The van der Waals surface area contributed by atoms with Crippen LogP contribution in [0.2, 0.25) is 0 Å². The minimum absolute atomic E-state index is 1.22. The second-order valence-electron chi connectivity index (χ2n) is 4.58. The summed E-state index contributed by atoms with van der Waals surface area (Å²) in [4.78, 5) is 0. The van der Waals surface area contributed by atoms with E-state index in [4.69, 9.17) is 0 Å². The van der Waals surface area contributed by atoms with Crippen molar-refractivity contribution in [2.24, 2.45) is 0 Å². The van der Waals surface area contributed by atoms with Crippen LogP contribution < -0.4 is 0 Å². The normalized spacial score (nSPS) is 10.7. The minimum atomic E-state index is 1.22. The highest BCUT2D eigenvalue weighted by molar-refractivity contribution is 5.44. The summed E-state index contributed by atoms with van der Waals surface area (Å²) >= 11 is 0. The minimum Gasteiger partial charge on any atom is -0.0651 e. The molecule has 0 heteroatoms. The Balaban J connectivity index is 3.18. The van der Waals surface area contributed by atoms with Gasteiger partial charge in [-0.3, -0.25) is 0 Å². The summed E-state index contributed by atoms with van der Waals surface area (Å²) in [7, 11) is 0. The molecule has 0 N–H and O–H groups in total. The van der Waals surface area contributed by atoms with Crippen molar-refractivity contribution in [3.63, 3.8) is 0 Å². The summed E-state index contributed by atoms with van der Waals surface area (Å²) in [5, 5.41) is 0. The molecule has 0 saturated carbocycles. The van der Waals surface area contributed by atoms with Crippen LogP contribution in [0.4, 0.5) is 0 Å². The zero-order valence-corrected chi connectivity index (χ0v) is 10.9. The second-order valence-corrected chi connectivity index (χ2v) is 4.58. The zero-order valence-electron chi connectivity index (χ0n) is 10.9. The van der Waals surface area contributed by atoms with Crippen molar-refractivity contribution in [3.05, 3.63) is 33.9 Å². The van der Waals surface area contributed by atoms with Crippen LogP contribution in [0.25, 0.3) is 0 Å². The van der Waals surface area contributed by atoms with Gasteiger partial charge in [0.05, 0.1) is 0 Å². The van der Waals surface area contributed by atoms with E-state index in [0.29, 0.717) is 0 Å². The van der Waals surface area contributed by atoms with E-state index in [0.717, 1.165) is 0 Å². The van der Waals surface area contributed by atoms with Crippen molar-refractivity contribution in [1.82, 2.24) is 0 Å². The van der Waals surface area contributed by atoms with E-state index >= 15 is 0 Å². The molecule has 0 spiro atoms. The van der Waals surface area contributed by atoms with E-state index in [1.807, 2.05) is 0 Å². The molecule has 84 valence electrons. The predicted molar refractivity (Wildman–Crippen MR) is 68.6 cm³/mol. The summed E-state index contributed by atoms with van der Waals surface area (Å²) in [5.41, 5.74) is 7.66. The average molecular weight is 204 g/mol. The molecule has 1 aromatic carbocycles. The molecule has 1 aromatic rings. The molecule has 0 unspecified atom stereocenters. The lowest BCUT2D eigenvalue weighted by Crippen LogP contribution is -2.01. The van der Waals surface area contributed by atoms with E-state index < -0.39 is 0 Å². The van der Waals surface area contributed by atoms with Gasteiger partial charge in [0.15, 0.2) is 0 Å². The molecule has 0 heterocycles. The molecule has 0 amide bonds. The number of benzene rings is 1. The fourth-order valence-electron chi connectivity index (χ4n) is 2.38. The summed E-state index contributed by atoms with van der Waals surface area (Å²) in [6, 6.07) is 2.40. The lowest BCUT2D eigenvalue weighted by atomic mass is 9.90. The van der Waals surface area contributed by atoms with Gasteiger partial charge in [-0.15, -0.1) is 0 Å². The van der Waals surface area contributed by atoms with Crippen molar-refractivity contribution in [1.29, 1.82) is 0 Å². The first-order chi connectivity index (χ1) is 7.11. The monoisotopic (exact) mass is 204 g/mol. The first-order valence-corrected chi connectivity index (χ1v) is 6.20. The number of rotatable bonds is 4. The SMILES string of the molecule is CCCc1cc(C)c(CCC)c(C)c1C. The third kappa shape index (κ3) is 2.62. The van der Waals surface area contributed by atoms with Crippen LogP contribution in [-0.2, 0) is 12.8 Å². The number of hydrogen-bond donors (Lipinski definition) is 0. The van der Waals surface area contributed by atoms with Crippen molar-refractivity contribution in [3.8, 4) is 0 Å². The van der Waals surface area contributed by atoms with Crippen LogP contribution in [0.5, 0.6) is 0 Å². The maximum Gasteiger partial charge on any atom is -0.0276 e. The first kappa shape index (κ1) is 12.3. The van der Waals surface area contributed by atoms with Gasteiger partial charge in [-0.05, 0) is 61.4 Å². The quantitative estimate of drug-likeness (QED) is 0.676. The van der Waals surface area contributed by atoms with Crippen LogP contribution in [0.15, 0.2) is 6.07 Å². The largest absolute Gasteiger partial charge is 0.0651 e. The van der Waals surface area contributed by atoms with Crippen LogP contribution in [0.1, 0.15) is 54.5 Å². The van der Waals surface area contributed by atoms with Crippen LogP contribution >= 0.6 is 0 Å².